The second kappa shape index (κ2) is 4.24. The summed E-state index contributed by atoms with van der Waals surface area (Å²) >= 11 is 0. The van der Waals surface area contributed by atoms with Crippen molar-refractivity contribution in [1.82, 2.24) is 5.32 Å². The molecule has 3 heteroatoms. The number of ether oxygens (including phenoxy) is 1. The molecule has 0 spiro atoms. The van der Waals surface area contributed by atoms with Gasteiger partial charge in [0.05, 0.1) is 0 Å². The van der Waals surface area contributed by atoms with Crippen LogP contribution in [0, 0.1) is 0 Å². The predicted molar refractivity (Wildman–Crippen MR) is 55.2 cm³/mol. The Labute approximate surface area is 84.1 Å². The van der Waals surface area contributed by atoms with Crippen molar-refractivity contribution in [3.8, 4) is 5.75 Å². The van der Waals surface area contributed by atoms with Gasteiger partial charge < -0.3 is 10.1 Å². The fourth-order valence-electron chi connectivity index (χ4n) is 0.825. The van der Waals surface area contributed by atoms with Crippen molar-refractivity contribution >= 4 is 5.97 Å². The van der Waals surface area contributed by atoms with Crippen molar-refractivity contribution in [2.45, 2.75) is 19.4 Å². The second-order valence-electron chi connectivity index (χ2n) is 3.58. The van der Waals surface area contributed by atoms with Crippen LogP contribution in [0.3, 0.4) is 0 Å². The quantitative estimate of drug-likeness (QED) is 0.585. The van der Waals surface area contributed by atoms with Crippen LogP contribution in [0.15, 0.2) is 30.3 Å². The molecule has 0 aliphatic rings. The molecule has 76 valence electrons. The predicted octanol–water partition coefficient (Wildman–Crippen LogP) is 1.59. The minimum Gasteiger partial charge on any atom is -0.425 e. The molecule has 1 rings (SSSR count). The molecule has 0 saturated heterocycles. The number of carbonyl (C=O) groups is 1. The van der Waals surface area contributed by atoms with E-state index in [9.17, 15) is 4.79 Å². The number of esters is 1. The Morgan fingerprint density at radius 1 is 1.29 bits per heavy atom. The molecule has 14 heavy (non-hydrogen) atoms. The molecule has 3 nitrogen and oxygen atoms in total. The first-order valence-corrected chi connectivity index (χ1v) is 4.52. The van der Waals surface area contributed by atoms with Gasteiger partial charge in [-0.2, -0.15) is 0 Å². The smallest absolute Gasteiger partial charge is 0.331 e. The molecule has 0 bridgehead atoms. The van der Waals surface area contributed by atoms with Crippen LogP contribution >= 0.6 is 0 Å². The van der Waals surface area contributed by atoms with Gasteiger partial charge in [0.25, 0.3) is 0 Å². The topological polar surface area (TPSA) is 38.3 Å². The van der Waals surface area contributed by atoms with Crippen LogP contribution in [0.2, 0.25) is 0 Å². The second-order valence-corrected chi connectivity index (χ2v) is 3.58. The van der Waals surface area contributed by atoms with Gasteiger partial charge in [-0.15, -0.1) is 0 Å². The molecule has 0 aliphatic heterocycles. The van der Waals surface area contributed by atoms with Crippen molar-refractivity contribution in [2.75, 3.05) is 7.05 Å². The number of rotatable bonds is 3. The maximum atomic E-state index is 11.6. The summed E-state index contributed by atoms with van der Waals surface area (Å²) in [6.45, 7) is 3.55. The van der Waals surface area contributed by atoms with E-state index in [4.69, 9.17) is 4.74 Å². The Morgan fingerprint density at radius 3 is 2.36 bits per heavy atom. The van der Waals surface area contributed by atoms with Gasteiger partial charge in [-0.25, -0.2) is 4.79 Å². The summed E-state index contributed by atoms with van der Waals surface area (Å²) in [5.74, 6) is 0.284. The van der Waals surface area contributed by atoms with Crippen molar-refractivity contribution in [1.29, 1.82) is 0 Å². The summed E-state index contributed by atoms with van der Waals surface area (Å²) in [6, 6.07) is 9.04. The van der Waals surface area contributed by atoms with Crippen LogP contribution in [0.4, 0.5) is 0 Å². The Bertz CT molecular complexity index is 306. The first kappa shape index (κ1) is 10.7. The van der Waals surface area contributed by atoms with Gasteiger partial charge in [0.1, 0.15) is 11.3 Å². The third-order valence-corrected chi connectivity index (χ3v) is 2.09. The van der Waals surface area contributed by atoms with Gasteiger partial charge in [0.15, 0.2) is 0 Å². The van der Waals surface area contributed by atoms with Crippen molar-refractivity contribution in [2.24, 2.45) is 0 Å². The Hall–Kier alpha value is -1.35. The van der Waals surface area contributed by atoms with E-state index in [1.807, 2.05) is 18.2 Å². The average molecular weight is 193 g/mol. The first-order chi connectivity index (χ1) is 6.56. The fourth-order valence-corrected chi connectivity index (χ4v) is 0.825. The van der Waals surface area contributed by atoms with Gasteiger partial charge in [0, 0.05) is 0 Å². The summed E-state index contributed by atoms with van der Waals surface area (Å²) in [7, 11) is 1.73. The zero-order valence-electron chi connectivity index (χ0n) is 8.70. The molecule has 0 heterocycles. The van der Waals surface area contributed by atoms with Crippen LogP contribution in [0.1, 0.15) is 13.8 Å². The summed E-state index contributed by atoms with van der Waals surface area (Å²) < 4.78 is 5.17. The molecule has 0 amide bonds. The molecule has 0 fully saturated rings. The van der Waals surface area contributed by atoms with E-state index >= 15 is 0 Å². The Balaban J connectivity index is 2.67. The molecular weight excluding hydrogens is 178 g/mol. The van der Waals surface area contributed by atoms with Gasteiger partial charge in [-0.3, -0.25) is 0 Å². The largest absolute Gasteiger partial charge is 0.425 e. The molecule has 0 radical (unpaired) electrons. The fraction of sp³-hybridized carbons (Fsp3) is 0.364. The maximum absolute atomic E-state index is 11.6. The van der Waals surface area contributed by atoms with E-state index < -0.39 is 5.54 Å². The summed E-state index contributed by atoms with van der Waals surface area (Å²) in [5, 5.41) is 2.89. The number of para-hydroxylation sites is 1. The molecule has 0 atom stereocenters. The van der Waals surface area contributed by atoms with E-state index in [1.54, 1.807) is 33.0 Å². The summed E-state index contributed by atoms with van der Waals surface area (Å²) in [4.78, 5) is 11.6. The lowest BCUT2D eigenvalue weighted by Gasteiger charge is -2.21. The van der Waals surface area contributed by atoms with E-state index in [0.717, 1.165) is 0 Å². The van der Waals surface area contributed by atoms with Crippen molar-refractivity contribution in [3.63, 3.8) is 0 Å². The van der Waals surface area contributed by atoms with E-state index in [2.05, 4.69) is 5.32 Å². The van der Waals surface area contributed by atoms with Crippen LogP contribution in [-0.2, 0) is 4.79 Å². The Morgan fingerprint density at radius 2 is 1.86 bits per heavy atom. The van der Waals surface area contributed by atoms with Gasteiger partial charge in [-0.05, 0) is 33.0 Å². The highest BCUT2D eigenvalue weighted by Crippen LogP contribution is 2.12. The first-order valence-electron chi connectivity index (χ1n) is 4.52. The SMILES string of the molecule is CNC(C)(C)C(=O)Oc1ccccc1. The van der Waals surface area contributed by atoms with E-state index in [0.29, 0.717) is 5.75 Å². The lowest BCUT2D eigenvalue weighted by Crippen LogP contribution is -2.47. The summed E-state index contributed by atoms with van der Waals surface area (Å²) in [6.07, 6.45) is 0. The molecule has 0 aliphatic carbocycles. The van der Waals surface area contributed by atoms with Crippen LogP contribution in [0.25, 0.3) is 0 Å². The normalized spacial score (nSPS) is 11.1. The third kappa shape index (κ3) is 2.57. The molecule has 1 N–H and O–H groups in total. The van der Waals surface area contributed by atoms with Crippen LogP contribution in [0.5, 0.6) is 5.75 Å². The monoisotopic (exact) mass is 193 g/mol. The zero-order chi connectivity index (χ0) is 10.6. The minimum absolute atomic E-state index is 0.286. The van der Waals surface area contributed by atoms with E-state index in [-0.39, 0.29) is 5.97 Å². The number of hydrogen-bond donors (Lipinski definition) is 1. The molecule has 0 saturated carbocycles. The number of likely N-dealkylation sites (N-methyl/N-ethyl adjacent to an activating group) is 1. The minimum atomic E-state index is -0.657. The lowest BCUT2D eigenvalue weighted by atomic mass is 10.1. The number of nitrogens with one attached hydrogen (secondary N) is 1. The Kier molecular flexibility index (Phi) is 3.25. The van der Waals surface area contributed by atoms with Gasteiger partial charge in [0.2, 0.25) is 0 Å². The highest BCUT2D eigenvalue weighted by atomic mass is 16.5. The number of benzene rings is 1. The maximum Gasteiger partial charge on any atom is 0.331 e. The van der Waals surface area contributed by atoms with Gasteiger partial charge in [-0.1, -0.05) is 18.2 Å². The number of carbonyl (C=O) groups excluding carboxylic acids is 1. The molecular formula is C11H15NO2. The highest BCUT2D eigenvalue weighted by Gasteiger charge is 2.27. The van der Waals surface area contributed by atoms with Crippen molar-refractivity contribution in [3.05, 3.63) is 30.3 Å². The number of hydrogen-bond acceptors (Lipinski definition) is 3. The molecule has 0 unspecified atom stereocenters. The van der Waals surface area contributed by atoms with E-state index in [1.165, 1.54) is 0 Å². The molecule has 1 aromatic carbocycles. The lowest BCUT2D eigenvalue weighted by molar-refractivity contribution is -0.140. The van der Waals surface area contributed by atoms with Crippen LogP contribution in [-0.4, -0.2) is 18.6 Å². The average Bonchev–Trinajstić information content (AvgIpc) is 2.19. The third-order valence-electron chi connectivity index (χ3n) is 2.09. The van der Waals surface area contributed by atoms with Gasteiger partial charge >= 0.3 is 5.97 Å². The van der Waals surface area contributed by atoms with Crippen LogP contribution < -0.4 is 10.1 Å². The molecule has 1 aromatic rings. The zero-order valence-corrected chi connectivity index (χ0v) is 8.70. The standard InChI is InChI=1S/C11H15NO2/c1-11(2,12-3)10(13)14-9-7-5-4-6-8-9/h4-8,12H,1-3H3. The molecule has 0 aromatic heterocycles. The highest BCUT2D eigenvalue weighted by molar-refractivity contribution is 5.81. The summed E-state index contributed by atoms with van der Waals surface area (Å²) in [5.41, 5.74) is -0.657. The van der Waals surface area contributed by atoms with Crippen molar-refractivity contribution < 1.29 is 9.53 Å².